The van der Waals surface area contributed by atoms with Gasteiger partial charge >= 0.3 is 0 Å². The molecule has 24 heavy (non-hydrogen) atoms. The number of phenolic OH excluding ortho intramolecular Hbond substituents is 1. The van der Waals surface area contributed by atoms with E-state index >= 15 is 0 Å². The highest BCUT2D eigenvalue weighted by molar-refractivity contribution is 14.1. The lowest BCUT2D eigenvalue weighted by Crippen LogP contribution is -2.48. The predicted molar refractivity (Wildman–Crippen MR) is 105 cm³/mol. The van der Waals surface area contributed by atoms with Crippen molar-refractivity contribution in [3.63, 3.8) is 0 Å². The Morgan fingerprint density at radius 2 is 1.83 bits per heavy atom. The van der Waals surface area contributed by atoms with Gasteiger partial charge in [-0.15, -0.1) is 0 Å². The predicted octanol–water partition coefficient (Wildman–Crippen LogP) is 2.76. The van der Waals surface area contributed by atoms with Crippen LogP contribution in [0.5, 0.6) is 5.75 Å². The third kappa shape index (κ3) is 4.39. The van der Waals surface area contributed by atoms with Crippen LogP contribution in [0, 0.1) is 3.57 Å². The molecule has 2 aromatic carbocycles. The molecular weight excluding hydrogens is 417 g/mol. The summed E-state index contributed by atoms with van der Waals surface area (Å²) < 4.78 is 1.10. The molecule has 0 radical (unpaired) electrons. The fraction of sp³-hybridized carbons (Fsp3) is 0.278. The first-order valence-corrected chi connectivity index (χ1v) is 9.00. The standard InChI is InChI=1S/C18H20IN3O2/c19-14-4-3-5-15(12-14)20-18(24)13-21-8-10-22(11-9-21)16-6-1-2-7-17(16)23/h1-7,12,23H,8-11,13H2,(H,20,24). The van der Waals surface area contributed by atoms with E-state index in [2.05, 4.69) is 37.7 Å². The highest BCUT2D eigenvalue weighted by Crippen LogP contribution is 2.27. The summed E-state index contributed by atoms with van der Waals surface area (Å²) >= 11 is 2.23. The number of carbonyl (C=O) groups is 1. The fourth-order valence-electron chi connectivity index (χ4n) is 2.85. The van der Waals surface area contributed by atoms with Gasteiger partial charge in [0.2, 0.25) is 5.91 Å². The van der Waals surface area contributed by atoms with Crippen molar-refractivity contribution in [3.05, 3.63) is 52.1 Å². The molecule has 0 saturated carbocycles. The molecule has 1 amide bonds. The second-order valence-electron chi connectivity index (χ2n) is 5.81. The number of amides is 1. The lowest BCUT2D eigenvalue weighted by Gasteiger charge is -2.35. The summed E-state index contributed by atoms with van der Waals surface area (Å²) in [6.07, 6.45) is 0. The lowest BCUT2D eigenvalue weighted by atomic mass is 10.2. The number of piperazine rings is 1. The van der Waals surface area contributed by atoms with Crippen LogP contribution < -0.4 is 10.2 Å². The van der Waals surface area contributed by atoms with Crippen molar-refractivity contribution in [1.82, 2.24) is 4.90 Å². The van der Waals surface area contributed by atoms with Crippen LogP contribution in [0.1, 0.15) is 0 Å². The smallest absolute Gasteiger partial charge is 0.238 e. The number of rotatable bonds is 4. The summed E-state index contributed by atoms with van der Waals surface area (Å²) in [7, 11) is 0. The van der Waals surface area contributed by atoms with E-state index in [-0.39, 0.29) is 5.91 Å². The summed E-state index contributed by atoms with van der Waals surface area (Å²) in [5.41, 5.74) is 1.69. The topological polar surface area (TPSA) is 55.8 Å². The summed E-state index contributed by atoms with van der Waals surface area (Å²) in [6, 6.07) is 15.2. The number of aromatic hydroxyl groups is 1. The van der Waals surface area contributed by atoms with Gasteiger partial charge in [-0.1, -0.05) is 18.2 Å². The highest BCUT2D eigenvalue weighted by atomic mass is 127. The first-order chi connectivity index (χ1) is 11.6. The molecule has 1 aliphatic heterocycles. The minimum atomic E-state index is 0.00742. The fourth-order valence-corrected chi connectivity index (χ4v) is 3.39. The van der Waals surface area contributed by atoms with Gasteiger partial charge in [-0.2, -0.15) is 0 Å². The van der Waals surface area contributed by atoms with Gasteiger partial charge in [0.1, 0.15) is 5.75 Å². The van der Waals surface area contributed by atoms with Gasteiger partial charge in [-0.25, -0.2) is 0 Å². The van der Waals surface area contributed by atoms with Gasteiger partial charge in [0, 0.05) is 35.4 Å². The van der Waals surface area contributed by atoms with E-state index in [0.29, 0.717) is 12.3 Å². The molecule has 1 saturated heterocycles. The Hall–Kier alpha value is -1.80. The van der Waals surface area contributed by atoms with Crippen molar-refractivity contribution < 1.29 is 9.90 Å². The molecule has 0 aromatic heterocycles. The van der Waals surface area contributed by atoms with Crippen LogP contribution >= 0.6 is 22.6 Å². The molecule has 0 aliphatic carbocycles. The Labute approximate surface area is 155 Å². The van der Waals surface area contributed by atoms with Crippen LogP contribution in [0.25, 0.3) is 0 Å². The number of nitrogens with zero attached hydrogens (tertiary/aromatic N) is 2. The number of para-hydroxylation sites is 2. The molecule has 0 spiro atoms. The Kier molecular flexibility index (Phi) is 5.57. The van der Waals surface area contributed by atoms with Gasteiger partial charge < -0.3 is 15.3 Å². The second-order valence-corrected chi connectivity index (χ2v) is 7.06. The number of carbonyl (C=O) groups excluding carboxylic acids is 1. The number of phenols is 1. The summed E-state index contributed by atoms with van der Waals surface area (Å²) in [4.78, 5) is 16.5. The Bertz CT molecular complexity index is 715. The molecule has 126 valence electrons. The van der Waals surface area contributed by atoms with Crippen LogP contribution in [-0.4, -0.2) is 48.6 Å². The zero-order valence-corrected chi connectivity index (χ0v) is 15.4. The van der Waals surface area contributed by atoms with E-state index in [0.717, 1.165) is 41.1 Å². The van der Waals surface area contributed by atoms with E-state index in [4.69, 9.17) is 0 Å². The molecular formula is C18H20IN3O2. The summed E-state index contributed by atoms with van der Waals surface area (Å²) in [5, 5.41) is 12.9. The second kappa shape index (κ2) is 7.85. The van der Waals surface area contributed by atoms with Crippen LogP contribution in [0.15, 0.2) is 48.5 Å². The van der Waals surface area contributed by atoms with Crippen LogP contribution in [-0.2, 0) is 4.79 Å². The van der Waals surface area contributed by atoms with Crippen molar-refractivity contribution in [3.8, 4) is 5.75 Å². The Morgan fingerprint density at radius 1 is 1.08 bits per heavy atom. The van der Waals surface area contributed by atoms with Gasteiger partial charge in [0.05, 0.1) is 12.2 Å². The quantitative estimate of drug-likeness (QED) is 0.723. The van der Waals surface area contributed by atoms with E-state index in [1.165, 1.54) is 0 Å². The van der Waals surface area contributed by atoms with Crippen molar-refractivity contribution in [2.45, 2.75) is 0 Å². The zero-order valence-electron chi connectivity index (χ0n) is 13.3. The molecule has 1 heterocycles. The molecule has 0 unspecified atom stereocenters. The molecule has 5 nitrogen and oxygen atoms in total. The summed E-state index contributed by atoms with van der Waals surface area (Å²) in [5.74, 6) is 0.315. The van der Waals surface area contributed by atoms with E-state index in [1.807, 2.05) is 42.5 Å². The average Bonchev–Trinajstić information content (AvgIpc) is 2.56. The zero-order chi connectivity index (χ0) is 16.9. The highest BCUT2D eigenvalue weighted by Gasteiger charge is 2.20. The van der Waals surface area contributed by atoms with Gasteiger partial charge in [0.25, 0.3) is 0 Å². The molecule has 1 aliphatic rings. The number of nitrogens with one attached hydrogen (secondary N) is 1. The number of halogens is 1. The first kappa shape index (κ1) is 17.0. The maximum atomic E-state index is 12.2. The van der Waals surface area contributed by atoms with E-state index < -0.39 is 0 Å². The van der Waals surface area contributed by atoms with Gasteiger partial charge in [-0.05, 0) is 52.9 Å². The first-order valence-electron chi connectivity index (χ1n) is 7.92. The Morgan fingerprint density at radius 3 is 2.54 bits per heavy atom. The van der Waals surface area contributed by atoms with E-state index in [9.17, 15) is 9.90 Å². The van der Waals surface area contributed by atoms with Crippen molar-refractivity contribution >= 4 is 39.9 Å². The maximum absolute atomic E-state index is 12.2. The van der Waals surface area contributed by atoms with Crippen molar-refractivity contribution in [2.75, 3.05) is 42.9 Å². The number of anilines is 2. The summed E-state index contributed by atoms with van der Waals surface area (Å²) in [6.45, 7) is 3.59. The van der Waals surface area contributed by atoms with E-state index in [1.54, 1.807) is 6.07 Å². The number of benzene rings is 2. The average molecular weight is 437 g/mol. The molecule has 2 aromatic rings. The molecule has 1 fully saturated rings. The lowest BCUT2D eigenvalue weighted by molar-refractivity contribution is -0.117. The maximum Gasteiger partial charge on any atom is 0.238 e. The van der Waals surface area contributed by atoms with Crippen molar-refractivity contribution in [2.24, 2.45) is 0 Å². The number of hydrogen-bond donors (Lipinski definition) is 2. The van der Waals surface area contributed by atoms with Crippen molar-refractivity contribution in [1.29, 1.82) is 0 Å². The van der Waals surface area contributed by atoms with Gasteiger partial charge in [-0.3, -0.25) is 9.69 Å². The molecule has 2 N–H and O–H groups in total. The molecule has 0 bridgehead atoms. The molecule has 6 heteroatoms. The largest absolute Gasteiger partial charge is 0.506 e. The van der Waals surface area contributed by atoms with Crippen LogP contribution in [0.2, 0.25) is 0 Å². The third-order valence-corrected chi connectivity index (χ3v) is 4.74. The number of hydrogen-bond acceptors (Lipinski definition) is 4. The molecule has 0 atom stereocenters. The van der Waals surface area contributed by atoms with Gasteiger partial charge in [0.15, 0.2) is 0 Å². The minimum absolute atomic E-state index is 0.00742. The molecule has 3 rings (SSSR count). The minimum Gasteiger partial charge on any atom is -0.506 e. The SMILES string of the molecule is O=C(CN1CCN(c2ccccc2O)CC1)Nc1cccc(I)c1. The Balaban J connectivity index is 1.50. The monoisotopic (exact) mass is 437 g/mol. The van der Waals surface area contributed by atoms with Crippen LogP contribution in [0.4, 0.5) is 11.4 Å². The van der Waals surface area contributed by atoms with Crippen LogP contribution in [0.3, 0.4) is 0 Å². The normalized spacial score (nSPS) is 15.3. The third-order valence-electron chi connectivity index (χ3n) is 4.07.